The lowest BCUT2D eigenvalue weighted by Gasteiger charge is -2.14. The monoisotopic (exact) mass is 363 g/mol. The number of aromatic nitrogens is 3. The molecule has 2 heterocycles. The molecule has 0 atom stereocenters. The molecule has 0 spiro atoms. The summed E-state index contributed by atoms with van der Waals surface area (Å²) in [4.78, 5) is 21.3. The molecule has 2 aromatic heterocycles. The second kappa shape index (κ2) is 7.46. The topological polar surface area (TPSA) is 47.8 Å². The van der Waals surface area contributed by atoms with Crippen molar-refractivity contribution < 1.29 is 0 Å². The molecule has 4 rings (SSSR count). The number of benzene rings is 1. The third kappa shape index (κ3) is 3.58. The fraction of sp³-hybridized carbons (Fsp3) is 0.286. The van der Waals surface area contributed by atoms with E-state index in [0.29, 0.717) is 6.54 Å². The van der Waals surface area contributed by atoms with Crippen LogP contribution in [0.5, 0.6) is 0 Å². The van der Waals surface area contributed by atoms with Crippen LogP contribution in [-0.4, -0.2) is 14.5 Å². The Morgan fingerprint density at radius 1 is 1.12 bits per heavy atom. The normalized spacial score (nSPS) is 13.0. The molecule has 0 unspecified atom stereocenters. The van der Waals surface area contributed by atoms with Crippen molar-refractivity contribution in [3.63, 3.8) is 0 Å². The quantitative estimate of drug-likeness (QED) is 0.511. The van der Waals surface area contributed by atoms with Crippen molar-refractivity contribution in [3.8, 4) is 0 Å². The molecular weight excluding hydrogens is 342 g/mol. The van der Waals surface area contributed by atoms with Crippen LogP contribution in [-0.2, 0) is 25.1 Å². The summed E-state index contributed by atoms with van der Waals surface area (Å²) in [7, 11) is 0. The van der Waals surface area contributed by atoms with Gasteiger partial charge in [0.1, 0.15) is 5.03 Å². The highest BCUT2D eigenvalue weighted by molar-refractivity contribution is 7.98. The predicted octanol–water partition coefficient (Wildman–Crippen LogP) is 3.78. The molecule has 132 valence electrons. The smallest absolute Gasteiger partial charge is 0.291 e. The maximum Gasteiger partial charge on any atom is 0.349 e. The van der Waals surface area contributed by atoms with Crippen molar-refractivity contribution in [3.05, 3.63) is 87.2 Å². The van der Waals surface area contributed by atoms with Gasteiger partial charge in [0, 0.05) is 29.4 Å². The minimum atomic E-state index is -0.152. The van der Waals surface area contributed by atoms with Crippen molar-refractivity contribution >= 4 is 11.8 Å². The molecule has 1 aromatic carbocycles. The first-order chi connectivity index (χ1) is 12.7. The van der Waals surface area contributed by atoms with Crippen LogP contribution in [0, 0.1) is 6.92 Å². The number of fused-ring (bicyclic) bond motifs is 1. The first kappa shape index (κ1) is 17.0. The van der Waals surface area contributed by atoms with Gasteiger partial charge in [-0.2, -0.15) is 4.98 Å². The predicted molar refractivity (Wildman–Crippen MR) is 105 cm³/mol. The summed E-state index contributed by atoms with van der Waals surface area (Å²) in [6.45, 7) is 2.64. The zero-order valence-electron chi connectivity index (χ0n) is 14.8. The van der Waals surface area contributed by atoms with Gasteiger partial charge >= 0.3 is 5.69 Å². The van der Waals surface area contributed by atoms with Gasteiger partial charge in [0.2, 0.25) is 0 Å². The Labute approximate surface area is 157 Å². The molecule has 0 amide bonds. The van der Waals surface area contributed by atoms with Gasteiger partial charge in [-0.25, -0.2) is 4.79 Å². The van der Waals surface area contributed by atoms with Gasteiger partial charge in [-0.05, 0) is 43.4 Å². The molecule has 26 heavy (non-hydrogen) atoms. The van der Waals surface area contributed by atoms with Crippen molar-refractivity contribution in [1.82, 2.24) is 14.5 Å². The standard InChI is InChI=1S/C21H21N3OS/c1-15-7-9-16(10-8-15)14-26-20-18-5-2-6-19(18)24(21(25)23-20)13-17-4-3-11-22-12-17/h3-4,7-12H,2,5-6,13-14H2,1H3. The van der Waals surface area contributed by atoms with Crippen LogP contribution in [0.25, 0.3) is 0 Å². The van der Waals surface area contributed by atoms with Crippen LogP contribution in [0.4, 0.5) is 0 Å². The Morgan fingerprint density at radius 2 is 1.96 bits per heavy atom. The largest absolute Gasteiger partial charge is 0.349 e. The molecule has 0 aliphatic heterocycles. The summed E-state index contributed by atoms with van der Waals surface area (Å²) in [5, 5.41) is 0.908. The zero-order valence-corrected chi connectivity index (χ0v) is 15.6. The lowest BCUT2D eigenvalue weighted by molar-refractivity contribution is 0.665. The van der Waals surface area contributed by atoms with Gasteiger partial charge < -0.3 is 0 Å². The Kier molecular flexibility index (Phi) is 4.89. The summed E-state index contributed by atoms with van der Waals surface area (Å²) < 4.78 is 1.83. The van der Waals surface area contributed by atoms with Crippen molar-refractivity contribution in [2.75, 3.05) is 0 Å². The summed E-state index contributed by atoms with van der Waals surface area (Å²) in [6.07, 6.45) is 6.61. The minimum absolute atomic E-state index is 0.152. The average molecular weight is 363 g/mol. The molecule has 0 fully saturated rings. The number of hydrogen-bond donors (Lipinski definition) is 0. The van der Waals surface area contributed by atoms with E-state index in [9.17, 15) is 4.79 Å². The van der Waals surface area contributed by atoms with Gasteiger partial charge in [-0.15, -0.1) is 11.8 Å². The maximum atomic E-state index is 12.7. The van der Waals surface area contributed by atoms with E-state index >= 15 is 0 Å². The fourth-order valence-electron chi connectivity index (χ4n) is 3.38. The lowest BCUT2D eigenvalue weighted by Crippen LogP contribution is -2.27. The summed E-state index contributed by atoms with van der Waals surface area (Å²) in [5.41, 5.74) is 5.81. The van der Waals surface area contributed by atoms with Gasteiger partial charge in [-0.3, -0.25) is 9.55 Å². The van der Waals surface area contributed by atoms with E-state index in [1.807, 2.05) is 22.9 Å². The Bertz CT molecular complexity index is 965. The van der Waals surface area contributed by atoms with Crippen molar-refractivity contribution in [1.29, 1.82) is 0 Å². The van der Waals surface area contributed by atoms with Crippen LogP contribution in [0.3, 0.4) is 0 Å². The molecule has 0 bridgehead atoms. The number of pyridine rings is 1. The number of hydrogen-bond acceptors (Lipinski definition) is 4. The highest BCUT2D eigenvalue weighted by Gasteiger charge is 2.22. The summed E-state index contributed by atoms with van der Waals surface area (Å²) in [6, 6.07) is 12.4. The van der Waals surface area contributed by atoms with E-state index in [1.165, 1.54) is 16.7 Å². The van der Waals surface area contributed by atoms with Crippen LogP contribution in [0.1, 0.15) is 34.4 Å². The van der Waals surface area contributed by atoms with Crippen LogP contribution < -0.4 is 5.69 Å². The molecule has 1 aliphatic carbocycles. The molecular formula is C21H21N3OS. The molecule has 4 nitrogen and oxygen atoms in total. The fourth-order valence-corrected chi connectivity index (χ4v) is 4.41. The molecule has 3 aromatic rings. The summed E-state index contributed by atoms with van der Waals surface area (Å²) in [5.74, 6) is 0.839. The Balaban J connectivity index is 1.61. The van der Waals surface area contributed by atoms with Gasteiger partial charge in [0.05, 0.1) is 6.54 Å². The van der Waals surface area contributed by atoms with E-state index in [2.05, 4.69) is 41.2 Å². The Hall–Kier alpha value is -2.40. The first-order valence-electron chi connectivity index (χ1n) is 8.90. The second-order valence-electron chi connectivity index (χ2n) is 6.70. The molecule has 0 saturated heterocycles. The van der Waals surface area contributed by atoms with Crippen molar-refractivity contribution in [2.24, 2.45) is 0 Å². The highest BCUT2D eigenvalue weighted by atomic mass is 32.2. The lowest BCUT2D eigenvalue weighted by atomic mass is 10.2. The maximum absolute atomic E-state index is 12.7. The van der Waals surface area contributed by atoms with E-state index in [0.717, 1.165) is 41.3 Å². The summed E-state index contributed by atoms with van der Waals surface area (Å²) >= 11 is 1.68. The van der Waals surface area contributed by atoms with E-state index in [-0.39, 0.29) is 5.69 Å². The molecule has 0 radical (unpaired) electrons. The first-order valence-corrected chi connectivity index (χ1v) is 9.89. The third-order valence-electron chi connectivity index (χ3n) is 4.76. The molecule has 0 saturated carbocycles. The minimum Gasteiger partial charge on any atom is -0.291 e. The van der Waals surface area contributed by atoms with E-state index in [4.69, 9.17) is 0 Å². The van der Waals surface area contributed by atoms with Gasteiger partial charge in [-0.1, -0.05) is 35.9 Å². The van der Waals surface area contributed by atoms with Gasteiger partial charge in [0.25, 0.3) is 0 Å². The van der Waals surface area contributed by atoms with E-state index < -0.39 is 0 Å². The van der Waals surface area contributed by atoms with Crippen LogP contribution in [0.15, 0.2) is 58.6 Å². The number of aryl methyl sites for hydroxylation is 1. The molecule has 0 N–H and O–H groups in total. The highest BCUT2D eigenvalue weighted by Crippen LogP contribution is 2.31. The Morgan fingerprint density at radius 3 is 2.73 bits per heavy atom. The number of thioether (sulfide) groups is 1. The zero-order chi connectivity index (χ0) is 17.9. The van der Waals surface area contributed by atoms with Gasteiger partial charge in [0.15, 0.2) is 0 Å². The average Bonchev–Trinajstić information content (AvgIpc) is 3.15. The molecule has 5 heteroatoms. The SMILES string of the molecule is Cc1ccc(CSc2nc(=O)n(Cc3cccnc3)c3c2CCC3)cc1. The van der Waals surface area contributed by atoms with Crippen molar-refractivity contribution in [2.45, 2.75) is 43.5 Å². The third-order valence-corrected chi connectivity index (χ3v) is 5.85. The molecule has 1 aliphatic rings. The van der Waals surface area contributed by atoms with Crippen LogP contribution >= 0.6 is 11.8 Å². The van der Waals surface area contributed by atoms with Crippen LogP contribution in [0.2, 0.25) is 0 Å². The second-order valence-corrected chi connectivity index (χ2v) is 7.66. The number of rotatable bonds is 5. The van der Waals surface area contributed by atoms with E-state index in [1.54, 1.807) is 18.0 Å². The number of nitrogens with zero attached hydrogens (tertiary/aromatic N) is 3.